The third kappa shape index (κ3) is 8.88. The molecule has 0 aromatic heterocycles. The average molecular weight is 553 g/mol. The van der Waals surface area contributed by atoms with Crippen molar-refractivity contribution < 1.29 is 24.2 Å². The Kier molecular flexibility index (Phi) is 10.7. The molecule has 3 rings (SSSR count). The Hall–Kier alpha value is -1.79. The lowest BCUT2D eigenvalue weighted by Crippen LogP contribution is -2.54. The Morgan fingerprint density at radius 3 is 2.46 bits per heavy atom. The maximum Gasteiger partial charge on any atom is 0.251 e. The van der Waals surface area contributed by atoms with E-state index >= 15 is 0 Å². The molecule has 0 bridgehead atoms. The van der Waals surface area contributed by atoms with Crippen molar-refractivity contribution >= 4 is 41.2 Å². The Balaban J connectivity index is 1.52. The van der Waals surface area contributed by atoms with E-state index in [0.717, 1.165) is 23.6 Å². The first-order valence-corrected chi connectivity index (χ1v) is 14.8. The molecule has 0 aliphatic carbocycles. The highest BCUT2D eigenvalue weighted by Gasteiger charge is 2.45. The Bertz CT molecular complexity index is 921. The Labute approximate surface area is 228 Å². The highest BCUT2D eigenvalue weighted by atomic mass is 32.2. The van der Waals surface area contributed by atoms with E-state index in [2.05, 4.69) is 21.3 Å². The second kappa shape index (κ2) is 13.3. The molecule has 0 saturated carbocycles. The maximum absolute atomic E-state index is 12.9. The van der Waals surface area contributed by atoms with Gasteiger partial charge in [-0.1, -0.05) is 43.7 Å². The minimum absolute atomic E-state index is 0.0416. The van der Waals surface area contributed by atoms with Gasteiger partial charge in [-0.15, -0.1) is 23.5 Å². The third-order valence-corrected chi connectivity index (χ3v) is 9.59. The topological polar surface area (TPSA) is 129 Å². The van der Waals surface area contributed by atoms with Crippen LogP contribution in [0.4, 0.5) is 0 Å². The number of rotatable bonds is 11. The molecule has 0 radical (unpaired) electrons. The molecule has 9 nitrogen and oxygen atoms in total. The molecule has 2 saturated heterocycles. The fourth-order valence-electron chi connectivity index (χ4n) is 4.35. The molecule has 1 spiro atoms. The number of carbonyl (C=O) groups is 3. The van der Waals surface area contributed by atoms with E-state index in [4.69, 9.17) is 4.74 Å². The van der Waals surface area contributed by atoms with Crippen molar-refractivity contribution in [2.45, 2.75) is 81.1 Å². The van der Waals surface area contributed by atoms with Crippen LogP contribution in [0.5, 0.6) is 0 Å². The van der Waals surface area contributed by atoms with Gasteiger partial charge in [0.25, 0.3) is 5.91 Å². The Morgan fingerprint density at radius 1 is 1.16 bits per heavy atom. The van der Waals surface area contributed by atoms with Crippen LogP contribution in [0.25, 0.3) is 0 Å². The van der Waals surface area contributed by atoms with Gasteiger partial charge < -0.3 is 31.1 Å². The normalized spacial score (nSPS) is 21.3. The number of thioether (sulfide) groups is 2. The van der Waals surface area contributed by atoms with Crippen molar-refractivity contribution in [3.63, 3.8) is 0 Å². The van der Waals surface area contributed by atoms with Crippen molar-refractivity contribution in [1.82, 2.24) is 21.3 Å². The van der Waals surface area contributed by atoms with Crippen LogP contribution in [0.1, 0.15) is 58.7 Å². The van der Waals surface area contributed by atoms with Gasteiger partial charge in [0.2, 0.25) is 11.8 Å². The number of carbonyl (C=O) groups excluding carboxylic acids is 3. The molecule has 3 amide bonds. The van der Waals surface area contributed by atoms with E-state index < -0.39 is 35.8 Å². The maximum atomic E-state index is 12.9. The van der Waals surface area contributed by atoms with Gasteiger partial charge >= 0.3 is 0 Å². The molecule has 5 N–H and O–H groups in total. The van der Waals surface area contributed by atoms with Crippen molar-refractivity contribution in [2.24, 2.45) is 0 Å². The molecule has 206 valence electrons. The van der Waals surface area contributed by atoms with Crippen LogP contribution in [-0.4, -0.2) is 75.3 Å². The minimum atomic E-state index is -1.47. The van der Waals surface area contributed by atoms with E-state index in [1.807, 2.05) is 81.6 Å². The predicted octanol–water partition coefficient (Wildman–Crippen LogP) is 1.92. The smallest absolute Gasteiger partial charge is 0.251 e. The fourth-order valence-corrected chi connectivity index (χ4v) is 7.54. The molecule has 3 unspecified atom stereocenters. The van der Waals surface area contributed by atoms with Crippen LogP contribution < -0.4 is 21.3 Å². The van der Waals surface area contributed by atoms with Gasteiger partial charge in [0, 0.05) is 23.6 Å². The Morgan fingerprint density at radius 2 is 1.84 bits per heavy atom. The SMILES string of the molecule is CCCC(NC(=O)C1CC2(CN1)SCCS2)C(O)C(=O)NCC(=O)N[C@H](OC(C)(C)C)c1ccccc1. The average Bonchev–Trinajstić information content (AvgIpc) is 3.50. The van der Waals surface area contributed by atoms with Crippen molar-refractivity contribution in [3.05, 3.63) is 35.9 Å². The largest absolute Gasteiger partial charge is 0.381 e. The summed E-state index contributed by atoms with van der Waals surface area (Å²) in [6.07, 6.45) is -0.344. The zero-order valence-corrected chi connectivity index (χ0v) is 23.7. The number of benzene rings is 1. The van der Waals surface area contributed by atoms with Crippen LogP contribution in [0, 0.1) is 0 Å². The van der Waals surface area contributed by atoms with Gasteiger partial charge in [-0.05, 0) is 33.6 Å². The van der Waals surface area contributed by atoms with Crippen LogP contribution in [0.3, 0.4) is 0 Å². The minimum Gasteiger partial charge on any atom is -0.381 e. The summed E-state index contributed by atoms with van der Waals surface area (Å²) in [6, 6.07) is 8.19. The molecule has 2 aliphatic heterocycles. The van der Waals surface area contributed by atoms with E-state index in [1.54, 1.807) is 0 Å². The number of ether oxygens (including phenoxy) is 1. The molecular formula is C26H40N4O5S2. The summed E-state index contributed by atoms with van der Waals surface area (Å²) in [4.78, 5) is 38.3. The van der Waals surface area contributed by atoms with Crippen molar-refractivity contribution in [2.75, 3.05) is 24.6 Å². The monoisotopic (exact) mass is 552 g/mol. The first kappa shape index (κ1) is 29.8. The zero-order valence-electron chi connectivity index (χ0n) is 22.0. The fraction of sp³-hybridized carbons (Fsp3) is 0.654. The summed E-state index contributed by atoms with van der Waals surface area (Å²) in [6.45, 7) is 8.02. The standard InChI is InChI=1S/C26H40N4O5S2/c1-5-9-18(29-22(33)19-14-26(16-28-19)36-12-13-37-26)21(32)23(34)27-15-20(31)30-24(35-25(2,3)4)17-10-7-6-8-11-17/h6-8,10-11,18-19,21,24,28,32H,5,9,12-16H2,1-4H3,(H,27,34)(H,29,33)(H,30,31)/t18?,19?,21?,24-/m1/s1. The lowest BCUT2D eigenvalue weighted by atomic mass is 10.0. The summed E-state index contributed by atoms with van der Waals surface area (Å²) >= 11 is 3.78. The number of aliphatic hydroxyl groups is 1. The number of amides is 3. The van der Waals surface area contributed by atoms with Gasteiger partial charge in [-0.25, -0.2) is 0 Å². The highest BCUT2D eigenvalue weighted by Crippen LogP contribution is 2.49. The number of hydrogen-bond acceptors (Lipinski definition) is 8. The van der Waals surface area contributed by atoms with Crippen molar-refractivity contribution in [1.29, 1.82) is 0 Å². The first-order chi connectivity index (χ1) is 17.5. The van der Waals surface area contributed by atoms with E-state index in [9.17, 15) is 19.5 Å². The van der Waals surface area contributed by atoms with Crippen LogP contribution in [-0.2, 0) is 19.1 Å². The molecule has 2 fully saturated rings. The number of aliphatic hydroxyl groups excluding tert-OH is 1. The van der Waals surface area contributed by atoms with E-state index in [-0.39, 0.29) is 22.6 Å². The third-order valence-electron chi connectivity index (χ3n) is 6.13. The lowest BCUT2D eigenvalue weighted by Gasteiger charge is -2.28. The molecule has 2 heterocycles. The first-order valence-electron chi connectivity index (χ1n) is 12.8. The molecule has 1 aromatic carbocycles. The summed E-state index contributed by atoms with van der Waals surface area (Å²) < 4.78 is 6.04. The molecule has 37 heavy (non-hydrogen) atoms. The van der Waals surface area contributed by atoms with E-state index in [0.29, 0.717) is 19.3 Å². The highest BCUT2D eigenvalue weighted by molar-refractivity contribution is 8.21. The summed E-state index contributed by atoms with van der Waals surface area (Å²) in [5.74, 6) is 0.791. The summed E-state index contributed by atoms with van der Waals surface area (Å²) in [5.41, 5.74) is 0.265. The number of nitrogens with one attached hydrogen (secondary N) is 4. The quantitative estimate of drug-likeness (QED) is 0.264. The summed E-state index contributed by atoms with van der Waals surface area (Å²) in [5, 5.41) is 22.2. The summed E-state index contributed by atoms with van der Waals surface area (Å²) in [7, 11) is 0. The molecular weight excluding hydrogens is 512 g/mol. The molecule has 1 aromatic rings. The molecule has 11 heteroatoms. The molecule has 2 aliphatic rings. The van der Waals surface area contributed by atoms with Crippen LogP contribution in [0.2, 0.25) is 0 Å². The van der Waals surface area contributed by atoms with Gasteiger partial charge in [0.05, 0.1) is 28.3 Å². The van der Waals surface area contributed by atoms with Crippen LogP contribution >= 0.6 is 23.5 Å². The number of hydrogen-bond donors (Lipinski definition) is 5. The van der Waals surface area contributed by atoms with Gasteiger partial charge in [-0.2, -0.15) is 0 Å². The van der Waals surface area contributed by atoms with Crippen LogP contribution in [0.15, 0.2) is 30.3 Å². The van der Waals surface area contributed by atoms with Gasteiger partial charge in [-0.3, -0.25) is 14.4 Å². The van der Waals surface area contributed by atoms with Gasteiger partial charge in [0.15, 0.2) is 12.3 Å². The predicted molar refractivity (Wildman–Crippen MR) is 148 cm³/mol. The molecule has 4 atom stereocenters. The second-order valence-corrected chi connectivity index (χ2v) is 13.6. The van der Waals surface area contributed by atoms with E-state index in [1.165, 1.54) is 0 Å². The zero-order chi connectivity index (χ0) is 27.1. The second-order valence-electron chi connectivity index (χ2n) is 10.4. The van der Waals surface area contributed by atoms with Gasteiger partial charge in [0.1, 0.15) is 0 Å². The van der Waals surface area contributed by atoms with Crippen molar-refractivity contribution in [3.8, 4) is 0 Å². The lowest BCUT2D eigenvalue weighted by molar-refractivity contribution is -0.137.